The molecule has 1 aromatic rings. The Balaban J connectivity index is 1.87. The van der Waals surface area contributed by atoms with Crippen LogP contribution in [0.4, 0.5) is 0 Å². The van der Waals surface area contributed by atoms with E-state index in [2.05, 4.69) is 54.0 Å². The lowest BCUT2D eigenvalue weighted by Crippen LogP contribution is -2.54. The van der Waals surface area contributed by atoms with Gasteiger partial charge in [0.15, 0.2) is 0 Å². The second-order valence-corrected chi connectivity index (χ2v) is 5.91. The van der Waals surface area contributed by atoms with Crippen LogP contribution in [-0.4, -0.2) is 54.6 Å². The Bertz CT molecular complexity index is 371. The highest BCUT2D eigenvalue weighted by Crippen LogP contribution is 2.14. The fourth-order valence-electron chi connectivity index (χ4n) is 3.05. The van der Waals surface area contributed by atoms with Gasteiger partial charge in [-0.1, -0.05) is 37.3 Å². The molecular formula is C17H29N3. The Kier molecular flexibility index (Phi) is 6.02. The van der Waals surface area contributed by atoms with Gasteiger partial charge in [0.05, 0.1) is 0 Å². The summed E-state index contributed by atoms with van der Waals surface area (Å²) in [5.74, 6) is 0. The first kappa shape index (κ1) is 15.5. The molecule has 1 aliphatic heterocycles. The Morgan fingerprint density at radius 2 is 1.65 bits per heavy atom. The molecule has 112 valence electrons. The summed E-state index contributed by atoms with van der Waals surface area (Å²) in [6.07, 6.45) is 2.31. The van der Waals surface area contributed by atoms with Crippen LogP contribution < -0.4 is 5.73 Å². The summed E-state index contributed by atoms with van der Waals surface area (Å²) in [6.45, 7) is 10.0. The van der Waals surface area contributed by atoms with Gasteiger partial charge in [0.1, 0.15) is 0 Å². The first-order chi connectivity index (χ1) is 9.74. The number of piperazine rings is 1. The van der Waals surface area contributed by atoms with Gasteiger partial charge in [0, 0.05) is 44.8 Å². The molecule has 0 aliphatic carbocycles. The Morgan fingerprint density at radius 1 is 1.05 bits per heavy atom. The molecule has 2 N–H and O–H groups in total. The Hall–Kier alpha value is -0.900. The summed E-state index contributed by atoms with van der Waals surface area (Å²) in [6, 6.07) is 11.9. The molecule has 1 heterocycles. The second-order valence-electron chi connectivity index (χ2n) is 5.91. The molecule has 0 radical (unpaired) electrons. The van der Waals surface area contributed by atoms with Crippen molar-refractivity contribution >= 4 is 0 Å². The highest BCUT2D eigenvalue weighted by atomic mass is 15.3. The van der Waals surface area contributed by atoms with Crippen molar-refractivity contribution < 1.29 is 0 Å². The van der Waals surface area contributed by atoms with Crippen molar-refractivity contribution in [2.24, 2.45) is 5.73 Å². The molecular weight excluding hydrogens is 246 g/mol. The van der Waals surface area contributed by atoms with E-state index in [1.807, 2.05) is 0 Å². The van der Waals surface area contributed by atoms with E-state index in [0.717, 1.165) is 26.1 Å². The third kappa shape index (κ3) is 4.05. The van der Waals surface area contributed by atoms with Crippen molar-refractivity contribution in [2.75, 3.05) is 32.7 Å². The van der Waals surface area contributed by atoms with Gasteiger partial charge in [0.2, 0.25) is 0 Å². The molecule has 0 amide bonds. The second kappa shape index (κ2) is 7.77. The van der Waals surface area contributed by atoms with Crippen LogP contribution in [-0.2, 0) is 6.42 Å². The molecule has 3 nitrogen and oxygen atoms in total. The quantitative estimate of drug-likeness (QED) is 0.861. The molecule has 0 saturated carbocycles. The lowest BCUT2D eigenvalue weighted by molar-refractivity contribution is 0.0745. The first-order valence-corrected chi connectivity index (χ1v) is 7.96. The summed E-state index contributed by atoms with van der Waals surface area (Å²) in [7, 11) is 0. The Morgan fingerprint density at radius 3 is 2.20 bits per heavy atom. The van der Waals surface area contributed by atoms with Gasteiger partial charge in [0.25, 0.3) is 0 Å². The maximum absolute atomic E-state index is 6.02. The van der Waals surface area contributed by atoms with Gasteiger partial charge in [-0.05, 0) is 25.3 Å². The minimum Gasteiger partial charge on any atom is -0.329 e. The summed E-state index contributed by atoms with van der Waals surface area (Å²) in [5, 5.41) is 0. The van der Waals surface area contributed by atoms with E-state index in [1.54, 1.807) is 0 Å². The molecule has 2 unspecified atom stereocenters. The maximum atomic E-state index is 6.02. The maximum Gasteiger partial charge on any atom is 0.0259 e. The Labute approximate surface area is 123 Å². The molecule has 0 aromatic heterocycles. The van der Waals surface area contributed by atoms with E-state index < -0.39 is 0 Å². The molecule has 1 aliphatic rings. The van der Waals surface area contributed by atoms with Crippen molar-refractivity contribution in [3.05, 3.63) is 35.9 Å². The average Bonchev–Trinajstić information content (AvgIpc) is 2.53. The molecule has 2 rings (SSSR count). The van der Waals surface area contributed by atoms with Gasteiger partial charge in [-0.25, -0.2) is 0 Å². The van der Waals surface area contributed by atoms with Crippen LogP contribution in [0.2, 0.25) is 0 Å². The monoisotopic (exact) mass is 275 g/mol. The summed E-state index contributed by atoms with van der Waals surface area (Å²) in [5.41, 5.74) is 7.41. The number of rotatable bonds is 6. The van der Waals surface area contributed by atoms with Crippen molar-refractivity contribution in [3.8, 4) is 0 Å². The summed E-state index contributed by atoms with van der Waals surface area (Å²) in [4.78, 5) is 5.18. The van der Waals surface area contributed by atoms with Crippen LogP contribution >= 0.6 is 0 Å². The van der Waals surface area contributed by atoms with E-state index in [4.69, 9.17) is 5.73 Å². The van der Waals surface area contributed by atoms with E-state index in [0.29, 0.717) is 12.1 Å². The van der Waals surface area contributed by atoms with E-state index in [1.165, 1.54) is 25.1 Å². The normalized spacial score (nSPS) is 20.8. The number of nitrogens with two attached hydrogens (primary N) is 1. The average molecular weight is 275 g/mol. The smallest absolute Gasteiger partial charge is 0.0259 e. The molecule has 0 spiro atoms. The summed E-state index contributed by atoms with van der Waals surface area (Å²) < 4.78 is 0. The molecule has 1 fully saturated rings. The zero-order valence-electron chi connectivity index (χ0n) is 13.0. The van der Waals surface area contributed by atoms with Crippen LogP contribution in [0, 0.1) is 0 Å². The lowest BCUT2D eigenvalue weighted by atomic mass is 10.0. The van der Waals surface area contributed by atoms with Crippen molar-refractivity contribution in [1.29, 1.82) is 0 Å². The van der Waals surface area contributed by atoms with Crippen molar-refractivity contribution in [3.63, 3.8) is 0 Å². The van der Waals surface area contributed by atoms with Crippen LogP contribution in [0.3, 0.4) is 0 Å². The predicted molar refractivity (Wildman–Crippen MR) is 85.9 cm³/mol. The number of nitrogens with zero attached hydrogens (tertiary/aromatic N) is 2. The van der Waals surface area contributed by atoms with Crippen LogP contribution in [0.1, 0.15) is 25.8 Å². The van der Waals surface area contributed by atoms with Crippen molar-refractivity contribution in [2.45, 2.75) is 38.8 Å². The fraction of sp³-hybridized carbons (Fsp3) is 0.647. The first-order valence-electron chi connectivity index (χ1n) is 7.96. The van der Waals surface area contributed by atoms with Gasteiger partial charge in [-0.15, -0.1) is 0 Å². The summed E-state index contributed by atoms with van der Waals surface area (Å²) >= 11 is 0. The molecule has 20 heavy (non-hydrogen) atoms. The van der Waals surface area contributed by atoms with Gasteiger partial charge >= 0.3 is 0 Å². The third-order valence-electron chi connectivity index (χ3n) is 4.67. The number of benzene rings is 1. The van der Waals surface area contributed by atoms with Crippen LogP contribution in [0.25, 0.3) is 0 Å². The third-order valence-corrected chi connectivity index (χ3v) is 4.67. The molecule has 3 heteroatoms. The highest BCUT2D eigenvalue weighted by Gasteiger charge is 2.24. The number of hydrogen-bond donors (Lipinski definition) is 1. The highest BCUT2D eigenvalue weighted by molar-refractivity contribution is 5.16. The van der Waals surface area contributed by atoms with E-state index >= 15 is 0 Å². The van der Waals surface area contributed by atoms with Gasteiger partial charge < -0.3 is 5.73 Å². The van der Waals surface area contributed by atoms with E-state index in [9.17, 15) is 0 Å². The SMILES string of the molecule is CCC(C)N1CCN(C(CN)Cc2ccccc2)CC1. The van der Waals surface area contributed by atoms with Crippen LogP contribution in [0.5, 0.6) is 0 Å². The topological polar surface area (TPSA) is 32.5 Å². The largest absolute Gasteiger partial charge is 0.329 e. The van der Waals surface area contributed by atoms with Gasteiger partial charge in [-0.3, -0.25) is 9.80 Å². The number of hydrogen-bond acceptors (Lipinski definition) is 3. The van der Waals surface area contributed by atoms with Gasteiger partial charge in [-0.2, -0.15) is 0 Å². The zero-order valence-corrected chi connectivity index (χ0v) is 13.0. The van der Waals surface area contributed by atoms with Crippen LogP contribution in [0.15, 0.2) is 30.3 Å². The minimum absolute atomic E-state index is 0.483. The zero-order chi connectivity index (χ0) is 14.4. The minimum atomic E-state index is 0.483. The predicted octanol–water partition coefficient (Wildman–Crippen LogP) is 1.97. The molecule has 0 bridgehead atoms. The molecule has 1 aromatic carbocycles. The standard InChI is InChI=1S/C17H29N3/c1-3-15(2)19-9-11-20(12-10-19)17(14-18)13-16-7-5-4-6-8-16/h4-8,15,17H,3,9-14,18H2,1-2H3. The molecule has 2 atom stereocenters. The fourth-order valence-corrected chi connectivity index (χ4v) is 3.05. The lowest BCUT2D eigenvalue weighted by Gasteiger charge is -2.41. The van der Waals surface area contributed by atoms with E-state index in [-0.39, 0.29) is 0 Å². The van der Waals surface area contributed by atoms with Crippen molar-refractivity contribution in [1.82, 2.24) is 9.80 Å². The molecule has 1 saturated heterocycles.